The molecule has 166 valence electrons. The third-order valence-electron chi connectivity index (χ3n) is 4.87. The van der Waals surface area contributed by atoms with E-state index in [4.69, 9.17) is 5.73 Å². The zero-order valence-electron chi connectivity index (χ0n) is 17.4. The Morgan fingerprint density at radius 2 is 1.85 bits per heavy atom. The number of anilines is 2. The van der Waals surface area contributed by atoms with Crippen molar-refractivity contribution in [3.05, 3.63) is 88.0 Å². The van der Waals surface area contributed by atoms with Gasteiger partial charge in [0.2, 0.25) is 11.8 Å². The highest BCUT2D eigenvalue weighted by Crippen LogP contribution is 2.37. The van der Waals surface area contributed by atoms with E-state index in [1.165, 1.54) is 23.5 Å². The molecule has 0 aliphatic rings. The predicted octanol–water partition coefficient (Wildman–Crippen LogP) is 5.07. The normalized spacial score (nSPS) is 10.8. The number of aryl methyl sites for hydroxylation is 1. The second-order valence-electron chi connectivity index (χ2n) is 7.07. The molecule has 0 saturated carbocycles. The number of nitrogens with two attached hydrogens (primary N) is 1. The average Bonchev–Trinajstić information content (AvgIpc) is 3.22. The van der Waals surface area contributed by atoms with Crippen LogP contribution in [0.3, 0.4) is 0 Å². The standard InChI is InChI=1S/C23H18N4O4S2/c1-14-6-2-4-8-17(14)26(23-25-16-7-3-5-9-19(16)33-23)21(28)13-32-20-11-10-15(22(24)29)12-18(20)27(30)31/h2-12H,13H2,1H3,(H2,24,29). The summed E-state index contributed by atoms with van der Waals surface area (Å²) in [4.78, 5) is 42.2. The van der Waals surface area contributed by atoms with Gasteiger partial charge in [0.15, 0.2) is 5.13 Å². The molecule has 33 heavy (non-hydrogen) atoms. The number of nitro groups is 1. The summed E-state index contributed by atoms with van der Waals surface area (Å²) in [7, 11) is 0. The Morgan fingerprint density at radius 3 is 2.55 bits per heavy atom. The van der Waals surface area contributed by atoms with Gasteiger partial charge in [-0.1, -0.05) is 41.7 Å². The molecule has 4 rings (SSSR count). The van der Waals surface area contributed by atoms with Gasteiger partial charge in [-0.15, -0.1) is 11.8 Å². The Hall–Kier alpha value is -3.76. The molecule has 0 atom stereocenters. The van der Waals surface area contributed by atoms with Crippen LogP contribution in [-0.4, -0.2) is 27.5 Å². The van der Waals surface area contributed by atoms with E-state index in [0.29, 0.717) is 10.8 Å². The lowest BCUT2D eigenvalue weighted by molar-refractivity contribution is -0.387. The number of nitro benzene ring substituents is 1. The number of benzene rings is 3. The second-order valence-corrected chi connectivity index (χ2v) is 9.10. The van der Waals surface area contributed by atoms with Crippen molar-refractivity contribution < 1.29 is 14.5 Å². The Kier molecular flexibility index (Phi) is 6.38. The Labute approximate surface area is 197 Å². The van der Waals surface area contributed by atoms with Crippen molar-refractivity contribution in [2.24, 2.45) is 5.73 Å². The minimum Gasteiger partial charge on any atom is -0.366 e. The SMILES string of the molecule is Cc1ccccc1N(C(=O)CSc1ccc(C(N)=O)cc1[N+](=O)[O-])c1nc2ccccc2s1. The van der Waals surface area contributed by atoms with E-state index < -0.39 is 10.8 Å². The molecule has 0 aliphatic carbocycles. The lowest BCUT2D eigenvalue weighted by atomic mass is 10.2. The third kappa shape index (κ3) is 4.71. The van der Waals surface area contributed by atoms with Crippen LogP contribution in [0.25, 0.3) is 10.2 Å². The molecule has 1 aromatic heterocycles. The molecule has 0 bridgehead atoms. The summed E-state index contributed by atoms with van der Waals surface area (Å²) in [5, 5.41) is 12.0. The maximum Gasteiger partial charge on any atom is 0.283 e. The highest BCUT2D eigenvalue weighted by molar-refractivity contribution is 8.00. The van der Waals surface area contributed by atoms with Crippen molar-refractivity contribution in [3.8, 4) is 0 Å². The third-order valence-corrected chi connectivity index (χ3v) is 6.94. The van der Waals surface area contributed by atoms with Crippen LogP contribution in [0, 0.1) is 17.0 Å². The summed E-state index contributed by atoms with van der Waals surface area (Å²) in [5.74, 6) is -1.10. The lowest BCUT2D eigenvalue weighted by Crippen LogP contribution is -2.28. The van der Waals surface area contributed by atoms with Crippen molar-refractivity contribution in [3.63, 3.8) is 0 Å². The average molecular weight is 479 g/mol. The molecule has 10 heteroatoms. The Balaban J connectivity index is 1.67. The van der Waals surface area contributed by atoms with E-state index in [0.717, 1.165) is 33.6 Å². The highest BCUT2D eigenvalue weighted by atomic mass is 32.2. The number of hydrogen-bond acceptors (Lipinski definition) is 7. The van der Waals surface area contributed by atoms with Gasteiger partial charge in [-0.05, 0) is 42.8 Å². The molecular weight excluding hydrogens is 460 g/mol. The largest absolute Gasteiger partial charge is 0.366 e. The number of hydrogen-bond donors (Lipinski definition) is 1. The molecule has 3 aromatic carbocycles. The summed E-state index contributed by atoms with van der Waals surface area (Å²) in [6.45, 7) is 1.91. The van der Waals surface area contributed by atoms with Gasteiger partial charge in [0.1, 0.15) is 0 Å². The van der Waals surface area contributed by atoms with E-state index >= 15 is 0 Å². The molecule has 8 nitrogen and oxygen atoms in total. The van der Waals surface area contributed by atoms with Crippen LogP contribution in [0.1, 0.15) is 15.9 Å². The van der Waals surface area contributed by atoms with Crippen molar-refractivity contribution in [2.75, 3.05) is 10.7 Å². The fraction of sp³-hybridized carbons (Fsp3) is 0.0870. The molecule has 0 unspecified atom stereocenters. The maximum absolute atomic E-state index is 13.4. The zero-order chi connectivity index (χ0) is 23.5. The number of thiazole rings is 1. The first kappa shape index (κ1) is 22.4. The number of nitrogens with zero attached hydrogens (tertiary/aromatic N) is 3. The van der Waals surface area contributed by atoms with Gasteiger partial charge in [0.25, 0.3) is 5.69 Å². The number of thioether (sulfide) groups is 1. The van der Waals surface area contributed by atoms with E-state index in [-0.39, 0.29) is 27.8 Å². The topological polar surface area (TPSA) is 119 Å². The molecule has 4 aromatic rings. The minimum absolute atomic E-state index is 0.0355. The van der Waals surface area contributed by atoms with E-state index in [1.54, 1.807) is 4.90 Å². The quantitative estimate of drug-likeness (QED) is 0.225. The maximum atomic E-state index is 13.4. The number of rotatable bonds is 7. The van der Waals surface area contributed by atoms with Gasteiger partial charge in [0, 0.05) is 11.6 Å². The van der Waals surface area contributed by atoms with Gasteiger partial charge in [-0.25, -0.2) is 4.98 Å². The number of para-hydroxylation sites is 2. The van der Waals surface area contributed by atoms with Crippen LogP contribution in [0.15, 0.2) is 71.6 Å². The van der Waals surface area contributed by atoms with Crippen LogP contribution in [0.2, 0.25) is 0 Å². The first-order chi connectivity index (χ1) is 15.8. The van der Waals surface area contributed by atoms with E-state index in [1.807, 2.05) is 55.5 Å². The molecule has 0 spiro atoms. The molecule has 1 heterocycles. The Morgan fingerprint density at radius 1 is 1.12 bits per heavy atom. The summed E-state index contributed by atoms with van der Waals surface area (Å²) in [5.41, 5.74) is 7.38. The smallest absolute Gasteiger partial charge is 0.283 e. The van der Waals surface area contributed by atoms with E-state index in [2.05, 4.69) is 4.98 Å². The fourth-order valence-electron chi connectivity index (χ4n) is 3.25. The molecule has 2 N–H and O–H groups in total. The number of carbonyl (C=O) groups is 2. The van der Waals surface area contributed by atoms with Crippen molar-refractivity contribution in [2.45, 2.75) is 11.8 Å². The molecule has 0 fully saturated rings. The summed E-state index contributed by atoms with van der Waals surface area (Å²) >= 11 is 2.42. The van der Waals surface area contributed by atoms with E-state index in [9.17, 15) is 19.7 Å². The number of carbonyl (C=O) groups excluding carboxylic acids is 2. The van der Waals surface area contributed by atoms with Crippen LogP contribution in [0.5, 0.6) is 0 Å². The van der Waals surface area contributed by atoms with Crippen molar-refractivity contribution in [1.82, 2.24) is 4.98 Å². The highest BCUT2D eigenvalue weighted by Gasteiger charge is 2.25. The minimum atomic E-state index is -0.757. The number of aromatic nitrogens is 1. The second kappa shape index (κ2) is 9.39. The predicted molar refractivity (Wildman–Crippen MR) is 130 cm³/mol. The number of primary amides is 1. The van der Waals surface area contributed by atoms with Gasteiger partial charge in [-0.2, -0.15) is 0 Å². The van der Waals surface area contributed by atoms with Gasteiger partial charge in [-0.3, -0.25) is 24.6 Å². The monoisotopic (exact) mass is 478 g/mol. The molecule has 0 aliphatic heterocycles. The van der Waals surface area contributed by atoms with Crippen LogP contribution in [0.4, 0.5) is 16.5 Å². The molecule has 0 radical (unpaired) electrons. The summed E-state index contributed by atoms with van der Waals surface area (Å²) < 4.78 is 0.948. The molecule has 0 saturated heterocycles. The fourth-order valence-corrected chi connectivity index (χ4v) is 5.10. The van der Waals surface area contributed by atoms with Crippen molar-refractivity contribution in [1.29, 1.82) is 0 Å². The first-order valence-corrected chi connectivity index (χ1v) is 11.6. The van der Waals surface area contributed by atoms with Gasteiger partial charge in [0.05, 0.1) is 31.5 Å². The van der Waals surface area contributed by atoms with Crippen LogP contribution < -0.4 is 10.6 Å². The van der Waals surface area contributed by atoms with Crippen molar-refractivity contribution >= 4 is 61.6 Å². The molecular formula is C23H18N4O4S2. The zero-order valence-corrected chi connectivity index (χ0v) is 19.1. The first-order valence-electron chi connectivity index (χ1n) is 9.80. The molecule has 2 amide bonds. The number of fused-ring (bicyclic) bond motifs is 1. The number of amides is 2. The summed E-state index contributed by atoms with van der Waals surface area (Å²) in [6.07, 6.45) is 0. The van der Waals surface area contributed by atoms with Crippen LogP contribution >= 0.6 is 23.1 Å². The van der Waals surface area contributed by atoms with Crippen LogP contribution in [-0.2, 0) is 4.79 Å². The lowest BCUT2D eigenvalue weighted by Gasteiger charge is -2.21. The van der Waals surface area contributed by atoms with Gasteiger partial charge < -0.3 is 5.73 Å². The summed E-state index contributed by atoms with van der Waals surface area (Å²) in [6, 6.07) is 19.1. The Bertz CT molecular complexity index is 1350. The van der Waals surface area contributed by atoms with Gasteiger partial charge >= 0.3 is 0 Å².